The highest BCUT2D eigenvalue weighted by atomic mass is 35.5. The van der Waals surface area contributed by atoms with Crippen LogP contribution in [-0.4, -0.2) is 30.1 Å². The minimum Gasteiger partial charge on any atom is -0.356 e. The molecular formula is C16H21ClN2S. The highest BCUT2D eigenvalue weighted by molar-refractivity contribution is 7.98. The molecule has 2 rings (SSSR count). The molecule has 0 radical (unpaired) electrons. The quantitative estimate of drug-likeness (QED) is 0.728. The molecule has 0 fully saturated rings. The first-order valence-corrected chi connectivity index (χ1v) is 8.76. The standard InChI is InChI=1S/C16H21ClN2S/c1-12(8-9-20-3)19(2)16-15-7-5-4-6-13(15)10-14(11-17)18-16/h4-7,10,12H,8-9,11H2,1-3H3. The van der Waals surface area contributed by atoms with E-state index in [9.17, 15) is 0 Å². The Hall–Kier alpha value is -0.930. The van der Waals surface area contributed by atoms with Crippen molar-refractivity contribution in [2.75, 3.05) is 24.0 Å². The van der Waals surface area contributed by atoms with E-state index < -0.39 is 0 Å². The van der Waals surface area contributed by atoms with E-state index in [4.69, 9.17) is 16.6 Å². The number of hydrogen-bond acceptors (Lipinski definition) is 3. The highest BCUT2D eigenvalue weighted by Gasteiger charge is 2.15. The molecule has 0 amide bonds. The van der Waals surface area contributed by atoms with E-state index in [-0.39, 0.29) is 0 Å². The maximum Gasteiger partial charge on any atom is 0.136 e. The van der Waals surface area contributed by atoms with Gasteiger partial charge in [-0.05, 0) is 36.8 Å². The highest BCUT2D eigenvalue weighted by Crippen LogP contribution is 2.27. The zero-order valence-electron chi connectivity index (χ0n) is 12.3. The molecule has 0 spiro atoms. The van der Waals surface area contributed by atoms with Crippen LogP contribution in [0.1, 0.15) is 19.0 Å². The van der Waals surface area contributed by atoms with Crippen molar-refractivity contribution < 1.29 is 0 Å². The Labute approximate surface area is 130 Å². The van der Waals surface area contributed by atoms with Gasteiger partial charge in [0.2, 0.25) is 0 Å². The second-order valence-corrected chi connectivity index (χ2v) is 6.29. The van der Waals surface area contributed by atoms with Gasteiger partial charge in [-0.2, -0.15) is 11.8 Å². The van der Waals surface area contributed by atoms with Gasteiger partial charge >= 0.3 is 0 Å². The number of benzene rings is 1. The molecule has 0 aliphatic carbocycles. The Morgan fingerprint density at radius 3 is 2.80 bits per heavy atom. The van der Waals surface area contributed by atoms with Crippen LogP contribution >= 0.6 is 23.4 Å². The number of fused-ring (bicyclic) bond motifs is 1. The predicted octanol–water partition coefficient (Wildman–Crippen LogP) is 4.55. The van der Waals surface area contributed by atoms with Crippen LogP contribution in [0.3, 0.4) is 0 Å². The number of pyridine rings is 1. The third-order valence-electron chi connectivity index (χ3n) is 3.65. The topological polar surface area (TPSA) is 16.1 Å². The van der Waals surface area contributed by atoms with Crippen LogP contribution < -0.4 is 4.90 Å². The average molecular weight is 309 g/mol. The second kappa shape index (κ2) is 7.19. The van der Waals surface area contributed by atoms with Crippen molar-refractivity contribution in [3.8, 4) is 0 Å². The number of thioether (sulfide) groups is 1. The Balaban J connectivity index is 2.41. The third-order valence-corrected chi connectivity index (χ3v) is 4.56. The fourth-order valence-electron chi connectivity index (χ4n) is 2.26. The van der Waals surface area contributed by atoms with Crippen molar-refractivity contribution in [3.05, 3.63) is 36.0 Å². The molecule has 20 heavy (non-hydrogen) atoms. The van der Waals surface area contributed by atoms with Gasteiger partial charge in [0.15, 0.2) is 0 Å². The molecule has 1 unspecified atom stereocenters. The third kappa shape index (κ3) is 3.39. The molecule has 0 N–H and O–H groups in total. The van der Waals surface area contributed by atoms with Gasteiger partial charge in [0.1, 0.15) is 5.82 Å². The molecule has 1 aromatic heterocycles. The summed E-state index contributed by atoms with van der Waals surface area (Å²) in [6, 6.07) is 10.9. The summed E-state index contributed by atoms with van der Waals surface area (Å²) in [6.45, 7) is 2.25. The molecule has 2 aromatic rings. The molecule has 108 valence electrons. The van der Waals surface area contributed by atoms with Crippen molar-refractivity contribution in [1.29, 1.82) is 0 Å². The summed E-state index contributed by atoms with van der Waals surface area (Å²) in [5, 5.41) is 2.40. The Kier molecular flexibility index (Phi) is 5.55. The summed E-state index contributed by atoms with van der Waals surface area (Å²) in [7, 11) is 2.12. The molecule has 0 aliphatic heterocycles. The summed E-state index contributed by atoms with van der Waals surface area (Å²) < 4.78 is 0. The molecule has 0 bridgehead atoms. The zero-order valence-corrected chi connectivity index (χ0v) is 13.8. The average Bonchev–Trinajstić information content (AvgIpc) is 2.50. The summed E-state index contributed by atoms with van der Waals surface area (Å²) in [5.74, 6) is 2.65. The molecular weight excluding hydrogens is 288 g/mol. The van der Waals surface area contributed by atoms with Gasteiger partial charge in [-0.3, -0.25) is 0 Å². The lowest BCUT2D eigenvalue weighted by molar-refractivity contribution is 0.663. The van der Waals surface area contributed by atoms with Gasteiger partial charge in [0.05, 0.1) is 11.6 Å². The Morgan fingerprint density at radius 1 is 1.35 bits per heavy atom. The van der Waals surface area contributed by atoms with Gasteiger partial charge < -0.3 is 4.90 Å². The first kappa shape index (κ1) is 15.5. The minimum atomic E-state index is 0.449. The van der Waals surface area contributed by atoms with Crippen LogP contribution in [0.5, 0.6) is 0 Å². The van der Waals surface area contributed by atoms with Gasteiger partial charge in [-0.25, -0.2) is 4.98 Å². The van der Waals surface area contributed by atoms with Crippen LogP contribution in [0.25, 0.3) is 10.8 Å². The SMILES string of the molecule is CSCCC(C)N(C)c1nc(CCl)cc2ccccc12. The first-order chi connectivity index (χ1) is 9.67. The van der Waals surface area contributed by atoms with E-state index in [1.807, 2.05) is 11.8 Å². The van der Waals surface area contributed by atoms with Crippen LogP contribution in [0, 0.1) is 0 Å². The summed E-state index contributed by atoms with van der Waals surface area (Å²) in [6.07, 6.45) is 3.30. The number of alkyl halides is 1. The summed E-state index contributed by atoms with van der Waals surface area (Å²) in [4.78, 5) is 7.01. The van der Waals surface area contributed by atoms with E-state index in [2.05, 4.69) is 55.5 Å². The largest absolute Gasteiger partial charge is 0.356 e. The normalized spacial score (nSPS) is 12.6. The number of rotatable bonds is 6. The lowest BCUT2D eigenvalue weighted by Gasteiger charge is -2.27. The van der Waals surface area contributed by atoms with Crippen molar-refractivity contribution in [1.82, 2.24) is 4.98 Å². The molecule has 1 heterocycles. The van der Waals surface area contributed by atoms with Crippen LogP contribution in [-0.2, 0) is 5.88 Å². The molecule has 4 heteroatoms. The number of hydrogen-bond donors (Lipinski definition) is 0. The lowest BCUT2D eigenvalue weighted by Crippen LogP contribution is -2.30. The number of aromatic nitrogens is 1. The van der Waals surface area contributed by atoms with Gasteiger partial charge in [0.25, 0.3) is 0 Å². The van der Waals surface area contributed by atoms with Gasteiger partial charge in [-0.15, -0.1) is 11.6 Å². The molecule has 0 aliphatic rings. The van der Waals surface area contributed by atoms with Gasteiger partial charge in [0, 0.05) is 18.5 Å². The maximum atomic E-state index is 5.98. The van der Waals surface area contributed by atoms with Crippen molar-refractivity contribution in [2.45, 2.75) is 25.3 Å². The first-order valence-electron chi connectivity index (χ1n) is 6.83. The van der Waals surface area contributed by atoms with Gasteiger partial charge in [-0.1, -0.05) is 24.3 Å². The summed E-state index contributed by atoms with van der Waals surface area (Å²) >= 11 is 7.87. The molecule has 1 aromatic carbocycles. The van der Waals surface area contributed by atoms with E-state index in [1.165, 1.54) is 16.5 Å². The van der Waals surface area contributed by atoms with Crippen LogP contribution in [0.15, 0.2) is 30.3 Å². The number of halogens is 1. The maximum absolute atomic E-state index is 5.98. The monoisotopic (exact) mass is 308 g/mol. The second-order valence-electron chi connectivity index (χ2n) is 5.03. The predicted molar refractivity (Wildman–Crippen MR) is 92.2 cm³/mol. The van der Waals surface area contributed by atoms with E-state index in [0.717, 1.165) is 17.9 Å². The minimum absolute atomic E-state index is 0.449. The van der Waals surface area contributed by atoms with E-state index >= 15 is 0 Å². The Morgan fingerprint density at radius 2 is 2.10 bits per heavy atom. The van der Waals surface area contributed by atoms with Crippen molar-refractivity contribution >= 4 is 40.0 Å². The number of nitrogens with zero attached hydrogens (tertiary/aromatic N) is 2. The fraction of sp³-hybridized carbons (Fsp3) is 0.438. The van der Waals surface area contributed by atoms with Crippen molar-refractivity contribution in [3.63, 3.8) is 0 Å². The molecule has 0 saturated heterocycles. The summed E-state index contributed by atoms with van der Waals surface area (Å²) in [5.41, 5.74) is 0.935. The molecule has 2 nitrogen and oxygen atoms in total. The van der Waals surface area contributed by atoms with E-state index in [1.54, 1.807) is 0 Å². The van der Waals surface area contributed by atoms with E-state index in [0.29, 0.717) is 11.9 Å². The van der Waals surface area contributed by atoms with Crippen molar-refractivity contribution in [2.24, 2.45) is 0 Å². The zero-order chi connectivity index (χ0) is 14.5. The fourth-order valence-corrected chi connectivity index (χ4v) is 2.98. The molecule has 1 atom stereocenters. The lowest BCUT2D eigenvalue weighted by atomic mass is 10.1. The van der Waals surface area contributed by atoms with Crippen LogP contribution in [0.2, 0.25) is 0 Å². The Bertz CT molecular complexity index is 573. The molecule has 0 saturated carbocycles. The van der Waals surface area contributed by atoms with Crippen LogP contribution in [0.4, 0.5) is 5.82 Å². The smallest absolute Gasteiger partial charge is 0.136 e. The number of anilines is 1.